The van der Waals surface area contributed by atoms with Crippen LogP contribution in [0, 0.1) is 17.2 Å². The minimum Gasteiger partial charge on any atom is -0.329 e. The zero-order valence-corrected chi connectivity index (χ0v) is 11.1. The van der Waals surface area contributed by atoms with Crippen molar-refractivity contribution in [3.63, 3.8) is 0 Å². The number of carbonyl (C=O) groups excluding carboxylic acids is 1. The fourth-order valence-corrected chi connectivity index (χ4v) is 2.81. The highest BCUT2D eigenvalue weighted by atomic mass is 16.2. The van der Waals surface area contributed by atoms with E-state index < -0.39 is 5.54 Å². The van der Waals surface area contributed by atoms with E-state index in [0.717, 1.165) is 5.56 Å². The molecule has 2 atom stereocenters. The molecular formula is C15H18N2O. The molecule has 3 heteroatoms. The maximum atomic E-state index is 12.1. The summed E-state index contributed by atoms with van der Waals surface area (Å²) in [7, 11) is 0. The van der Waals surface area contributed by atoms with Gasteiger partial charge in [-0.1, -0.05) is 30.3 Å². The first-order valence-corrected chi connectivity index (χ1v) is 6.25. The summed E-state index contributed by atoms with van der Waals surface area (Å²) < 4.78 is 0. The van der Waals surface area contributed by atoms with Gasteiger partial charge in [0.25, 0.3) is 0 Å². The quantitative estimate of drug-likeness (QED) is 0.800. The van der Waals surface area contributed by atoms with Crippen LogP contribution in [0.1, 0.15) is 38.8 Å². The largest absolute Gasteiger partial charge is 0.329 e. The monoisotopic (exact) mass is 242 g/mol. The fourth-order valence-electron chi connectivity index (χ4n) is 2.81. The maximum absolute atomic E-state index is 12.1. The van der Waals surface area contributed by atoms with E-state index in [2.05, 4.69) is 6.07 Å². The van der Waals surface area contributed by atoms with Gasteiger partial charge < -0.3 is 4.90 Å². The summed E-state index contributed by atoms with van der Waals surface area (Å²) in [5.41, 5.74) is 0.707. The second-order valence-corrected chi connectivity index (χ2v) is 5.39. The van der Waals surface area contributed by atoms with Gasteiger partial charge in [-0.2, -0.15) is 5.26 Å². The third-order valence-corrected chi connectivity index (χ3v) is 3.95. The summed E-state index contributed by atoms with van der Waals surface area (Å²) in [6.45, 7) is 5.98. The van der Waals surface area contributed by atoms with Crippen LogP contribution in [0.15, 0.2) is 30.3 Å². The topological polar surface area (TPSA) is 44.1 Å². The molecule has 1 saturated heterocycles. The Kier molecular flexibility index (Phi) is 3.13. The molecule has 0 bridgehead atoms. The number of nitriles is 1. The SMILES string of the molecule is CC(c1ccccc1)N1C(=O)CC(C#N)C1(C)C. The zero-order chi connectivity index (χ0) is 13.3. The van der Waals surface area contributed by atoms with E-state index in [1.54, 1.807) is 0 Å². The molecule has 1 aliphatic heterocycles. The van der Waals surface area contributed by atoms with E-state index in [4.69, 9.17) is 5.26 Å². The average Bonchev–Trinajstić information content (AvgIpc) is 2.59. The van der Waals surface area contributed by atoms with Crippen LogP contribution in [0.25, 0.3) is 0 Å². The van der Waals surface area contributed by atoms with Crippen molar-refractivity contribution < 1.29 is 4.79 Å². The van der Waals surface area contributed by atoms with Crippen LogP contribution in [0.2, 0.25) is 0 Å². The lowest BCUT2D eigenvalue weighted by molar-refractivity contribution is -0.133. The summed E-state index contributed by atoms with van der Waals surface area (Å²) in [4.78, 5) is 14.0. The van der Waals surface area contributed by atoms with Crippen LogP contribution < -0.4 is 0 Å². The average molecular weight is 242 g/mol. The van der Waals surface area contributed by atoms with Crippen LogP contribution in [0.3, 0.4) is 0 Å². The molecule has 3 nitrogen and oxygen atoms in total. The molecule has 2 unspecified atom stereocenters. The zero-order valence-electron chi connectivity index (χ0n) is 11.1. The molecule has 0 aromatic heterocycles. The lowest BCUT2D eigenvalue weighted by atomic mass is 9.88. The van der Waals surface area contributed by atoms with Gasteiger partial charge in [0.05, 0.1) is 23.6 Å². The van der Waals surface area contributed by atoms with Crippen molar-refractivity contribution in [1.29, 1.82) is 5.26 Å². The molecule has 1 heterocycles. The number of rotatable bonds is 2. The highest BCUT2D eigenvalue weighted by Gasteiger charge is 2.48. The normalized spacial score (nSPS) is 23.8. The minimum absolute atomic E-state index is 0.00653. The van der Waals surface area contributed by atoms with Gasteiger partial charge in [-0.05, 0) is 26.3 Å². The predicted molar refractivity (Wildman–Crippen MR) is 69.5 cm³/mol. The van der Waals surface area contributed by atoms with Gasteiger partial charge in [-0.25, -0.2) is 0 Å². The van der Waals surface area contributed by atoms with Crippen molar-refractivity contribution in [3.8, 4) is 6.07 Å². The van der Waals surface area contributed by atoms with E-state index in [1.165, 1.54) is 0 Å². The molecule has 1 amide bonds. The number of carbonyl (C=O) groups is 1. The number of hydrogen-bond acceptors (Lipinski definition) is 2. The lowest BCUT2D eigenvalue weighted by Gasteiger charge is -2.38. The smallest absolute Gasteiger partial charge is 0.224 e. The van der Waals surface area contributed by atoms with Crippen LogP contribution in [0.5, 0.6) is 0 Å². The second kappa shape index (κ2) is 4.45. The predicted octanol–water partition coefficient (Wildman–Crippen LogP) is 2.90. The number of nitrogens with zero attached hydrogens (tertiary/aromatic N) is 2. The molecule has 18 heavy (non-hydrogen) atoms. The van der Waals surface area contributed by atoms with E-state index in [-0.39, 0.29) is 17.9 Å². The molecule has 0 spiro atoms. The standard InChI is InChI=1S/C15H18N2O/c1-11(12-7-5-4-6-8-12)17-14(18)9-13(10-16)15(17,2)3/h4-8,11,13H,9H2,1-3H3. The number of likely N-dealkylation sites (tertiary alicyclic amines) is 1. The second-order valence-electron chi connectivity index (χ2n) is 5.39. The van der Waals surface area contributed by atoms with Gasteiger partial charge in [0.1, 0.15) is 0 Å². The Morgan fingerprint density at radius 2 is 2.00 bits per heavy atom. The molecule has 0 aliphatic carbocycles. The van der Waals surface area contributed by atoms with Gasteiger partial charge in [0.15, 0.2) is 0 Å². The summed E-state index contributed by atoms with van der Waals surface area (Å²) in [5, 5.41) is 9.16. The van der Waals surface area contributed by atoms with Crippen LogP contribution in [-0.2, 0) is 4.79 Å². The Morgan fingerprint density at radius 3 is 2.50 bits per heavy atom. The number of hydrogen-bond donors (Lipinski definition) is 0. The van der Waals surface area contributed by atoms with E-state index in [1.807, 2.05) is 56.0 Å². The number of amides is 1. The Balaban J connectivity index is 2.34. The maximum Gasteiger partial charge on any atom is 0.224 e. The minimum atomic E-state index is -0.402. The third-order valence-electron chi connectivity index (χ3n) is 3.95. The van der Waals surface area contributed by atoms with Crippen LogP contribution in [-0.4, -0.2) is 16.3 Å². The highest BCUT2D eigenvalue weighted by Crippen LogP contribution is 2.40. The highest BCUT2D eigenvalue weighted by molar-refractivity contribution is 5.81. The molecular weight excluding hydrogens is 224 g/mol. The summed E-state index contributed by atoms with van der Waals surface area (Å²) >= 11 is 0. The van der Waals surface area contributed by atoms with E-state index in [0.29, 0.717) is 6.42 Å². The number of benzene rings is 1. The summed E-state index contributed by atoms with van der Waals surface area (Å²) in [5.74, 6) is -0.154. The Bertz CT molecular complexity index is 487. The molecule has 0 N–H and O–H groups in total. The van der Waals surface area contributed by atoms with Crippen molar-refractivity contribution >= 4 is 5.91 Å². The Morgan fingerprint density at radius 1 is 1.39 bits per heavy atom. The van der Waals surface area contributed by atoms with Crippen molar-refractivity contribution in [2.45, 2.75) is 38.8 Å². The molecule has 1 aromatic rings. The van der Waals surface area contributed by atoms with E-state index in [9.17, 15) is 4.79 Å². The van der Waals surface area contributed by atoms with Gasteiger partial charge in [-0.3, -0.25) is 4.79 Å². The first-order valence-electron chi connectivity index (χ1n) is 6.25. The first-order chi connectivity index (χ1) is 8.48. The molecule has 1 fully saturated rings. The first kappa shape index (κ1) is 12.6. The molecule has 0 saturated carbocycles. The van der Waals surface area contributed by atoms with Gasteiger partial charge in [0, 0.05) is 6.42 Å². The molecule has 1 aliphatic rings. The Hall–Kier alpha value is -1.82. The fraction of sp³-hybridized carbons (Fsp3) is 0.467. The summed E-state index contributed by atoms with van der Waals surface area (Å²) in [6, 6.07) is 12.2. The van der Waals surface area contributed by atoms with Gasteiger partial charge >= 0.3 is 0 Å². The van der Waals surface area contributed by atoms with Crippen molar-refractivity contribution in [2.75, 3.05) is 0 Å². The molecule has 2 rings (SSSR count). The molecule has 94 valence electrons. The van der Waals surface area contributed by atoms with E-state index >= 15 is 0 Å². The van der Waals surface area contributed by atoms with Crippen molar-refractivity contribution in [2.24, 2.45) is 5.92 Å². The third kappa shape index (κ3) is 1.88. The Labute approximate surface area is 108 Å². The lowest BCUT2D eigenvalue weighted by Crippen LogP contribution is -2.45. The van der Waals surface area contributed by atoms with Gasteiger partial charge in [0.2, 0.25) is 5.91 Å². The van der Waals surface area contributed by atoms with Gasteiger partial charge in [-0.15, -0.1) is 0 Å². The van der Waals surface area contributed by atoms with Crippen molar-refractivity contribution in [3.05, 3.63) is 35.9 Å². The molecule has 1 aromatic carbocycles. The van der Waals surface area contributed by atoms with Crippen LogP contribution >= 0.6 is 0 Å². The summed E-state index contributed by atoms with van der Waals surface area (Å²) in [6.07, 6.45) is 0.334. The van der Waals surface area contributed by atoms with Crippen LogP contribution in [0.4, 0.5) is 0 Å². The van der Waals surface area contributed by atoms with Crippen molar-refractivity contribution in [1.82, 2.24) is 4.90 Å². The molecule has 0 radical (unpaired) electrons.